The van der Waals surface area contributed by atoms with Crippen molar-refractivity contribution in [2.45, 2.75) is 59.1 Å². The number of rotatable bonds is 9. The van der Waals surface area contributed by atoms with E-state index in [2.05, 4.69) is 29.3 Å². The van der Waals surface area contributed by atoms with Crippen LogP contribution in [0.25, 0.3) is 0 Å². The largest absolute Gasteiger partial charge is 0.370 e. The van der Waals surface area contributed by atoms with Crippen LogP contribution < -0.4 is 5.32 Å². The molecule has 104 valence electrons. The van der Waals surface area contributed by atoms with E-state index in [0.717, 1.165) is 25.8 Å². The van der Waals surface area contributed by atoms with E-state index in [9.17, 15) is 0 Å². The van der Waals surface area contributed by atoms with E-state index in [-0.39, 0.29) is 12.1 Å². The lowest BCUT2D eigenvalue weighted by Crippen LogP contribution is -2.19. The highest BCUT2D eigenvalue weighted by atomic mass is 16.5. The summed E-state index contributed by atoms with van der Waals surface area (Å²) >= 11 is 0. The molecule has 0 aliphatic rings. The fourth-order valence-electron chi connectivity index (χ4n) is 1.75. The third-order valence-corrected chi connectivity index (χ3v) is 2.74. The zero-order valence-electron chi connectivity index (χ0n) is 11.9. The highest BCUT2D eigenvalue weighted by Crippen LogP contribution is 2.21. The van der Waals surface area contributed by atoms with Gasteiger partial charge in [0.1, 0.15) is 6.10 Å². The molecular weight excluding hydrogens is 230 g/mol. The standard InChI is InChI=1S/C13H25N3O2/c1-5-8-11(17-7-3)12-15-13(18-16-12)10(4)14-9-6-2/h10-11,14H,5-9H2,1-4H3. The summed E-state index contributed by atoms with van der Waals surface area (Å²) in [6.45, 7) is 9.88. The highest BCUT2D eigenvalue weighted by molar-refractivity contribution is 4.94. The number of nitrogens with one attached hydrogen (secondary N) is 1. The van der Waals surface area contributed by atoms with Crippen molar-refractivity contribution in [1.82, 2.24) is 15.5 Å². The summed E-state index contributed by atoms with van der Waals surface area (Å²) in [7, 11) is 0. The predicted molar refractivity (Wildman–Crippen MR) is 70.3 cm³/mol. The topological polar surface area (TPSA) is 60.2 Å². The molecule has 0 fully saturated rings. The van der Waals surface area contributed by atoms with Gasteiger partial charge in [-0.15, -0.1) is 0 Å². The van der Waals surface area contributed by atoms with E-state index >= 15 is 0 Å². The van der Waals surface area contributed by atoms with Crippen LogP contribution in [0.15, 0.2) is 4.52 Å². The van der Waals surface area contributed by atoms with Crippen molar-refractivity contribution >= 4 is 0 Å². The summed E-state index contributed by atoms with van der Waals surface area (Å²) in [4.78, 5) is 4.44. The molecule has 1 aromatic heterocycles. The van der Waals surface area contributed by atoms with Gasteiger partial charge in [0.2, 0.25) is 11.7 Å². The third kappa shape index (κ3) is 4.38. The fraction of sp³-hybridized carbons (Fsp3) is 0.846. The molecule has 0 radical (unpaired) electrons. The summed E-state index contributed by atoms with van der Waals surface area (Å²) in [6, 6.07) is 0.0927. The summed E-state index contributed by atoms with van der Waals surface area (Å²) in [5, 5.41) is 7.36. The Morgan fingerprint density at radius 2 is 2.06 bits per heavy atom. The molecule has 0 aromatic carbocycles. The van der Waals surface area contributed by atoms with Gasteiger partial charge in [0.05, 0.1) is 6.04 Å². The molecule has 0 saturated carbocycles. The molecule has 0 spiro atoms. The number of hydrogen-bond donors (Lipinski definition) is 1. The SMILES string of the molecule is CCCNC(C)c1nc(C(CCC)OCC)no1. The minimum atomic E-state index is -0.0455. The third-order valence-electron chi connectivity index (χ3n) is 2.74. The number of ether oxygens (including phenoxy) is 1. The van der Waals surface area contributed by atoms with Gasteiger partial charge in [0.15, 0.2) is 0 Å². The Balaban J connectivity index is 2.64. The Morgan fingerprint density at radius 3 is 2.67 bits per heavy atom. The van der Waals surface area contributed by atoms with Crippen molar-refractivity contribution in [1.29, 1.82) is 0 Å². The molecule has 1 heterocycles. The zero-order chi connectivity index (χ0) is 13.4. The molecule has 5 nitrogen and oxygen atoms in total. The maximum absolute atomic E-state index is 5.64. The second-order valence-corrected chi connectivity index (χ2v) is 4.40. The number of aromatic nitrogens is 2. The molecule has 0 aliphatic carbocycles. The van der Waals surface area contributed by atoms with Crippen molar-refractivity contribution in [2.24, 2.45) is 0 Å². The fourth-order valence-corrected chi connectivity index (χ4v) is 1.75. The van der Waals surface area contributed by atoms with Gasteiger partial charge in [-0.1, -0.05) is 25.4 Å². The minimum Gasteiger partial charge on any atom is -0.370 e. The van der Waals surface area contributed by atoms with E-state index in [1.807, 2.05) is 13.8 Å². The average molecular weight is 255 g/mol. The van der Waals surface area contributed by atoms with E-state index in [1.165, 1.54) is 0 Å². The second kappa shape index (κ2) is 8.21. The van der Waals surface area contributed by atoms with Crippen LogP contribution in [0, 0.1) is 0 Å². The predicted octanol–water partition coefficient (Wildman–Crippen LogP) is 3.01. The Kier molecular flexibility index (Phi) is 6.90. The molecule has 1 rings (SSSR count). The molecule has 1 aromatic rings. The highest BCUT2D eigenvalue weighted by Gasteiger charge is 2.20. The van der Waals surface area contributed by atoms with Crippen molar-refractivity contribution in [3.05, 3.63) is 11.7 Å². The number of nitrogens with zero attached hydrogens (tertiary/aromatic N) is 2. The van der Waals surface area contributed by atoms with Crippen LogP contribution in [-0.4, -0.2) is 23.3 Å². The van der Waals surface area contributed by atoms with Gasteiger partial charge in [-0.25, -0.2) is 0 Å². The molecule has 18 heavy (non-hydrogen) atoms. The normalized spacial score (nSPS) is 14.7. The van der Waals surface area contributed by atoms with Gasteiger partial charge in [0.25, 0.3) is 0 Å². The van der Waals surface area contributed by atoms with Gasteiger partial charge < -0.3 is 14.6 Å². The van der Waals surface area contributed by atoms with Crippen LogP contribution in [-0.2, 0) is 4.74 Å². The van der Waals surface area contributed by atoms with Crippen LogP contribution in [0.5, 0.6) is 0 Å². The molecule has 0 bridgehead atoms. The molecule has 2 unspecified atom stereocenters. The van der Waals surface area contributed by atoms with E-state index in [0.29, 0.717) is 18.3 Å². The molecule has 5 heteroatoms. The lowest BCUT2D eigenvalue weighted by molar-refractivity contribution is 0.0477. The minimum absolute atomic E-state index is 0.0455. The van der Waals surface area contributed by atoms with Crippen molar-refractivity contribution in [3.63, 3.8) is 0 Å². The lowest BCUT2D eigenvalue weighted by atomic mass is 10.2. The van der Waals surface area contributed by atoms with Gasteiger partial charge in [-0.3, -0.25) is 0 Å². The van der Waals surface area contributed by atoms with Crippen molar-refractivity contribution in [2.75, 3.05) is 13.2 Å². The molecule has 0 amide bonds. The van der Waals surface area contributed by atoms with Crippen LogP contribution in [0.2, 0.25) is 0 Å². The first kappa shape index (κ1) is 15.1. The van der Waals surface area contributed by atoms with Gasteiger partial charge in [-0.05, 0) is 33.2 Å². The van der Waals surface area contributed by atoms with Crippen molar-refractivity contribution < 1.29 is 9.26 Å². The van der Waals surface area contributed by atoms with E-state index in [1.54, 1.807) is 0 Å². The Hall–Kier alpha value is -0.940. The summed E-state index contributed by atoms with van der Waals surface area (Å²) < 4.78 is 10.9. The molecule has 0 aliphatic heterocycles. The molecule has 2 atom stereocenters. The maximum atomic E-state index is 5.64. The van der Waals surface area contributed by atoms with Gasteiger partial charge in [-0.2, -0.15) is 4.98 Å². The van der Waals surface area contributed by atoms with E-state index in [4.69, 9.17) is 9.26 Å². The summed E-state index contributed by atoms with van der Waals surface area (Å²) in [6.07, 6.45) is 3.00. The van der Waals surface area contributed by atoms with Crippen LogP contribution >= 0.6 is 0 Å². The maximum Gasteiger partial charge on any atom is 0.243 e. The molecule has 1 N–H and O–H groups in total. The van der Waals surface area contributed by atoms with Crippen LogP contribution in [0.3, 0.4) is 0 Å². The average Bonchev–Trinajstić information content (AvgIpc) is 2.85. The quantitative estimate of drug-likeness (QED) is 0.735. The first-order valence-corrected chi connectivity index (χ1v) is 6.91. The van der Waals surface area contributed by atoms with Gasteiger partial charge in [0, 0.05) is 6.61 Å². The van der Waals surface area contributed by atoms with E-state index < -0.39 is 0 Å². The summed E-state index contributed by atoms with van der Waals surface area (Å²) in [5.74, 6) is 1.30. The second-order valence-electron chi connectivity index (χ2n) is 4.40. The first-order valence-electron chi connectivity index (χ1n) is 6.91. The Labute approximate surface area is 109 Å². The molecular formula is C13H25N3O2. The lowest BCUT2D eigenvalue weighted by Gasteiger charge is -2.11. The van der Waals surface area contributed by atoms with Crippen LogP contribution in [0.1, 0.15) is 70.8 Å². The Morgan fingerprint density at radius 1 is 1.28 bits per heavy atom. The zero-order valence-corrected chi connectivity index (χ0v) is 11.9. The molecule has 0 saturated heterocycles. The first-order chi connectivity index (χ1) is 8.72. The van der Waals surface area contributed by atoms with Crippen molar-refractivity contribution in [3.8, 4) is 0 Å². The monoisotopic (exact) mass is 255 g/mol. The number of hydrogen-bond acceptors (Lipinski definition) is 5. The van der Waals surface area contributed by atoms with Crippen LogP contribution in [0.4, 0.5) is 0 Å². The van der Waals surface area contributed by atoms with Gasteiger partial charge >= 0.3 is 0 Å². The smallest absolute Gasteiger partial charge is 0.243 e. The Bertz CT molecular complexity index is 322. The summed E-state index contributed by atoms with van der Waals surface area (Å²) in [5.41, 5.74) is 0.